The van der Waals surface area contributed by atoms with Gasteiger partial charge in [-0.3, -0.25) is 4.79 Å². The van der Waals surface area contributed by atoms with Gasteiger partial charge in [-0.1, -0.05) is 22.0 Å². The van der Waals surface area contributed by atoms with Gasteiger partial charge < -0.3 is 4.90 Å². The number of nitrogens with zero attached hydrogens (tertiary/aromatic N) is 1. The Morgan fingerprint density at radius 2 is 2.43 bits per heavy atom. The third kappa shape index (κ3) is 3.10. The molecule has 1 aromatic rings. The van der Waals surface area contributed by atoms with Gasteiger partial charge in [-0.2, -0.15) is 0 Å². The van der Waals surface area contributed by atoms with Crippen LogP contribution in [0.15, 0.2) is 17.5 Å². The summed E-state index contributed by atoms with van der Waals surface area (Å²) in [6.45, 7) is 2.03. The predicted molar refractivity (Wildman–Crippen MR) is 64.0 cm³/mol. The summed E-state index contributed by atoms with van der Waals surface area (Å²) in [4.78, 5) is 14.6. The largest absolute Gasteiger partial charge is 0.342 e. The normalized spacial score (nSPS) is 12.5. The zero-order valence-electron chi connectivity index (χ0n) is 8.37. The second kappa shape index (κ2) is 5.51. The second-order valence-corrected chi connectivity index (χ2v) is 4.94. The highest BCUT2D eigenvalue weighted by atomic mass is 79.9. The van der Waals surface area contributed by atoms with E-state index in [0.717, 1.165) is 10.2 Å². The van der Waals surface area contributed by atoms with Crippen LogP contribution in [-0.4, -0.2) is 29.2 Å². The number of amides is 1. The van der Waals surface area contributed by atoms with Gasteiger partial charge >= 0.3 is 0 Å². The molecule has 0 aliphatic carbocycles. The molecule has 78 valence electrons. The van der Waals surface area contributed by atoms with E-state index in [2.05, 4.69) is 15.9 Å². The summed E-state index contributed by atoms with van der Waals surface area (Å²) in [7, 11) is 1.85. The third-order valence-corrected chi connectivity index (χ3v) is 4.00. The Balaban J connectivity index is 2.50. The third-order valence-electron chi connectivity index (χ3n) is 2.18. The topological polar surface area (TPSA) is 20.3 Å². The molecule has 0 spiro atoms. The molecule has 1 atom stereocenters. The fourth-order valence-corrected chi connectivity index (χ4v) is 2.17. The maximum absolute atomic E-state index is 11.7. The molecule has 0 saturated heterocycles. The summed E-state index contributed by atoms with van der Waals surface area (Å²) in [6, 6.07) is 4.22. The van der Waals surface area contributed by atoms with Gasteiger partial charge in [0, 0.05) is 23.3 Å². The van der Waals surface area contributed by atoms with Crippen LogP contribution in [0, 0.1) is 0 Å². The number of alkyl halides is 1. The van der Waals surface area contributed by atoms with Crippen molar-refractivity contribution in [1.29, 1.82) is 0 Å². The predicted octanol–water partition coefficient (Wildman–Crippen LogP) is 2.53. The van der Waals surface area contributed by atoms with Crippen LogP contribution >= 0.6 is 27.3 Å². The first-order valence-electron chi connectivity index (χ1n) is 4.49. The number of carbonyl (C=O) groups is 1. The number of likely N-dealkylation sites (N-methyl/N-ethyl adjacent to an activating group) is 1. The van der Waals surface area contributed by atoms with Crippen molar-refractivity contribution in [2.75, 3.05) is 12.4 Å². The summed E-state index contributed by atoms with van der Waals surface area (Å²) < 4.78 is 0. The van der Waals surface area contributed by atoms with E-state index in [1.54, 1.807) is 16.2 Å². The molecule has 0 radical (unpaired) electrons. The second-order valence-electron chi connectivity index (χ2n) is 3.26. The molecule has 14 heavy (non-hydrogen) atoms. The van der Waals surface area contributed by atoms with Gasteiger partial charge in [0.2, 0.25) is 5.91 Å². The van der Waals surface area contributed by atoms with Gasteiger partial charge in [0.15, 0.2) is 0 Å². The molecule has 0 fully saturated rings. The first kappa shape index (κ1) is 11.7. The first-order chi connectivity index (χ1) is 6.65. The van der Waals surface area contributed by atoms with Crippen molar-refractivity contribution in [3.8, 4) is 0 Å². The maximum atomic E-state index is 11.7. The molecule has 0 aliphatic heterocycles. The van der Waals surface area contributed by atoms with Crippen molar-refractivity contribution in [2.24, 2.45) is 0 Å². The summed E-state index contributed by atoms with van der Waals surface area (Å²) in [6.07, 6.45) is 0.519. The van der Waals surface area contributed by atoms with E-state index in [-0.39, 0.29) is 11.9 Å². The van der Waals surface area contributed by atoms with E-state index >= 15 is 0 Å². The van der Waals surface area contributed by atoms with Crippen molar-refractivity contribution in [3.63, 3.8) is 0 Å². The number of rotatable bonds is 4. The number of hydrogen-bond acceptors (Lipinski definition) is 2. The Bertz CT molecular complexity index is 286. The molecule has 1 rings (SSSR count). The SMILES string of the molecule is CC(CBr)N(C)C(=O)Cc1cccs1. The van der Waals surface area contributed by atoms with Crippen LogP contribution in [0.3, 0.4) is 0 Å². The lowest BCUT2D eigenvalue weighted by Crippen LogP contribution is -2.36. The molecule has 0 saturated carbocycles. The summed E-state index contributed by atoms with van der Waals surface area (Å²) in [5.74, 6) is 0.180. The van der Waals surface area contributed by atoms with Crippen molar-refractivity contribution in [1.82, 2.24) is 4.90 Å². The maximum Gasteiger partial charge on any atom is 0.227 e. The lowest BCUT2D eigenvalue weighted by Gasteiger charge is -2.22. The molecular weight excluding hydrogens is 262 g/mol. The van der Waals surface area contributed by atoms with Crippen LogP contribution in [0.25, 0.3) is 0 Å². The van der Waals surface area contributed by atoms with Crippen molar-refractivity contribution < 1.29 is 4.79 Å². The Hall–Kier alpha value is -0.350. The number of thiophene rings is 1. The van der Waals surface area contributed by atoms with E-state index in [1.165, 1.54) is 0 Å². The quantitative estimate of drug-likeness (QED) is 0.774. The van der Waals surface area contributed by atoms with Gasteiger partial charge in [-0.25, -0.2) is 0 Å². The highest BCUT2D eigenvalue weighted by Gasteiger charge is 2.14. The molecule has 1 heterocycles. The first-order valence-corrected chi connectivity index (χ1v) is 6.49. The zero-order valence-corrected chi connectivity index (χ0v) is 10.8. The molecule has 0 aliphatic rings. The van der Waals surface area contributed by atoms with E-state index < -0.39 is 0 Å². The van der Waals surface area contributed by atoms with Crippen molar-refractivity contribution in [3.05, 3.63) is 22.4 Å². The molecule has 4 heteroatoms. The fourth-order valence-electron chi connectivity index (χ4n) is 1.04. The van der Waals surface area contributed by atoms with E-state index in [9.17, 15) is 4.79 Å². The van der Waals surface area contributed by atoms with Crippen LogP contribution in [-0.2, 0) is 11.2 Å². The van der Waals surface area contributed by atoms with Crippen molar-refractivity contribution >= 4 is 33.2 Å². The van der Waals surface area contributed by atoms with Gasteiger partial charge in [-0.05, 0) is 18.4 Å². The standard InChI is InChI=1S/C10H14BrNOS/c1-8(7-11)12(2)10(13)6-9-4-3-5-14-9/h3-5,8H,6-7H2,1-2H3. The monoisotopic (exact) mass is 275 g/mol. The van der Waals surface area contributed by atoms with Crippen LogP contribution in [0.2, 0.25) is 0 Å². The Morgan fingerprint density at radius 3 is 2.93 bits per heavy atom. The molecule has 1 amide bonds. The van der Waals surface area contributed by atoms with Crippen LogP contribution in [0.1, 0.15) is 11.8 Å². The molecule has 2 nitrogen and oxygen atoms in total. The number of halogens is 1. The van der Waals surface area contributed by atoms with Gasteiger partial charge in [-0.15, -0.1) is 11.3 Å². The average Bonchev–Trinajstić information content (AvgIpc) is 2.68. The highest BCUT2D eigenvalue weighted by Crippen LogP contribution is 2.11. The van der Waals surface area contributed by atoms with E-state index in [0.29, 0.717) is 6.42 Å². The Kier molecular flexibility index (Phi) is 4.62. The van der Waals surface area contributed by atoms with Crippen LogP contribution in [0.5, 0.6) is 0 Å². The molecule has 1 aromatic heterocycles. The fraction of sp³-hybridized carbons (Fsp3) is 0.500. The summed E-state index contributed by atoms with van der Waals surface area (Å²) in [5, 5.41) is 2.82. The summed E-state index contributed by atoms with van der Waals surface area (Å²) in [5.41, 5.74) is 0. The molecule has 1 unspecified atom stereocenters. The van der Waals surface area contributed by atoms with Gasteiger partial charge in [0.05, 0.1) is 6.42 Å². The Labute approximate surface area is 97.1 Å². The summed E-state index contributed by atoms with van der Waals surface area (Å²) >= 11 is 5.00. The highest BCUT2D eigenvalue weighted by molar-refractivity contribution is 9.09. The molecule has 0 aromatic carbocycles. The van der Waals surface area contributed by atoms with Gasteiger partial charge in [0.25, 0.3) is 0 Å². The van der Waals surface area contributed by atoms with Crippen LogP contribution in [0.4, 0.5) is 0 Å². The molecule has 0 bridgehead atoms. The molecular formula is C10H14BrNOS. The number of hydrogen-bond donors (Lipinski definition) is 0. The Morgan fingerprint density at radius 1 is 1.71 bits per heavy atom. The minimum absolute atomic E-state index is 0.180. The molecule has 0 N–H and O–H groups in total. The average molecular weight is 276 g/mol. The smallest absolute Gasteiger partial charge is 0.227 e. The lowest BCUT2D eigenvalue weighted by atomic mass is 10.2. The minimum atomic E-state index is 0.180. The van der Waals surface area contributed by atoms with E-state index in [1.807, 2.05) is 31.5 Å². The van der Waals surface area contributed by atoms with Crippen molar-refractivity contribution in [2.45, 2.75) is 19.4 Å². The van der Waals surface area contributed by atoms with Crippen LogP contribution < -0.4 is 0 Å². The minimum Gasteiger partial charge on any atom is -0.342 e. The lowest BCUT2D eigenvalue weighted by molar-refractivity contribution is -0.130. The zero-order chi connectivity index (χ0) is 10.6. The number of carbonyl (C=O) groups excluding carboxylic acids is 1. The van der Waals surface area contributed by atoms with E-state index in [4.69, 9.17) is 0 Å². The van der Waals surface area contributed by atoms with Gasteiger partial charge in [0.1, 0.15) is 0 Å².